The summed E-state index contributed by atoms with van der Waals surface area (Å²) in [5.74, 6) is -0.377. The lowest BCUT2D eigenvalue weighted by molar-refractivity contribution is -0.138. The van der Waals surface area contributed by atoms with Crippen molar-refractivity contribution >= 4 is 29.1 Å². The zero-order valence-corrected chi connectivity index (χ0v) is 16.5. The Labute approximate surface area is 173 Å². The molecule has 2 aliphatic heterocycles. The number of pyridine rings is 1. The predicted molar refractivity (Wildman–Crippen MR) is 106 cm³/mol. The third kappa shape index (κ3) is 4.34. The molecular weight excluding hydrogens is 397 g/mol. The summed E-state index contributed by atoms with van der Waals surface area (Å²) >= 11 is 6.11. The van der Waals surface area contributed by atoms with Gasteiger partial charge in [0, 0.05) is 43.7 Å². The molecule has 2 aromatic rings. The van der Waals surface area contributed by atoms with Crippen LogP contribution in [0.2, 0.25) is 5.02 Å². The summed E-state index contributed by atoms with van der Waals surface area (Å²) < 4.78 is 19.1. The van der Waals surface area contributed by atoms with E-state index in [9.17, 15) is 14.0 Å². The normalized spacial score (nSPS) is 22.1. The van der Waals surface area contributed by atoms with Crippen LogP contribution in [0.3, 0.4) is 0 Å². The van der Waals surface area contributed by atoms with Gasteiger partial charge in [0.2, 0.25) is 11.8 Å². The SMILES string of the molecule is O=C(C1CC(=O)N(c2ccc(F)cc2)C1)N1CCCC(Oc2ccncc2Cl)C1. The van der Waals surface area contributed by atoms with E-state index < -0.39 is 5.92 Å². The maximum atomic E-state index is 13.1. The molecule has 0 radical (unpaired) electrons. The molecule has 3 heterocycles. The molecule has 0 bridgehead atoms. The van der Waals surface area contributed by atoms with Gasteiger partial charge in [-0.05, 0) is 37.1 Å². The molecule has 0 spiro atoms. The van der Waals surface area contributed by atoms with Gasteiger partial charge in [0.05, 0.1) is 12.5 Å². The highest BCUT2D eigenvalue weighted by Gasteiger charge is 2.38. The van der Waals surface area contributed by atoms with E-state index in [1.54, 1.807) is 34.2 Å². The number of hydrogen-bond donors (Lipinski definition) is 0. The molecule has 2 amide bonds. The lowest BCUT2D eigenvalue weighted by Crippen LogP contribution is -2.47. The van der Waals surface area contributed by atoms with Gasteiger partial charge in [0.15, 0.2) is 0 Å². The number of hydrogen-bond acceptors (Lipinski definition) is 4. The number of amides is 2. The van der Waals surface area contributed by atoms with Gasteiger partial charge in [-0.2, -0.15) is 0 Å². The molecule has 8 heteroatoms. The average Bonchev–Trinajstić information content (AvgIpc) is 3.11. The summed E-state index contributed by atoms with van der Waals surface area (Å²) in [6, 6.07) is 7.45. The summed E-state index contributed by atoms with van der Waals surface area (Å²) in [4.78, 5) is 32.7. The van der Waals surface area contributed by atoms with Crippen LogP contribution in [0.4, 0.5) is 10.1 Å². The minimum atomic E-state index is -0.407. The van der Waals surface area contributed by atoms with Crippen LogP contribution in [0.1, 0.15) is 19.3 Å². The topological polar surface area (TPSA) is 62.7 Å². The first-order chi connectivity index (χ1) is 14.0. The van der Waals surface area contributed by atoms with Crippen LogP contribution < -0.4 is 9.64 Å². The summed E-state index contributed by atoms with van der Waals surface area (Å²) in [6.07, 6.45) is 4.79. The van der Waals surface area contributed by atoms with E-state index in [0.717, 1.165) is 12.8 Å². The average molecular weight is 418 g/mol. The van der Waals surface area contributed by atoms with Crippen molar-refractivity contribution in [1.82, 2.24) is 9.88 Å². The van der Waals surface area contributed by atoms with Crippen molar-refractivity contribution in [1.29, 1.82) is 0 Å². The number of aromatic nitrogens is 1. The molecular formula is C21H21ClFN3O3. The standard InChI is InChI=1S/C21H21ClFN3O3/c22-18-11-24-8-7-19(18)29-17-2-1-9-25(13-17)21(28)14-10-20(27)26(12-14)16-5-3-15(23)4-6-16/h3-8,11,14,17H,1-2,9-10,12-13H2. The van der Waals surface area contributed by atoms with E-state index in [4.69, 9.17) is 16.3 Å². The van der Waals surface area contributed by atoms with Crippen LogP contribution in [0.25, 0.3) is 0 Å². The number of ether oxygens (including phenoxy) is 1. The van der Waals surface area contributed by atoms with Crippen molar-refractivity contribution in [2.75, 3.05) is 24.5 Å². The van der Waals surface area contributed by atoms with Crippen LogP contribution in [-0.4, -0.2) is 47.4 Å². The minimum Gasteiger partial charge on any atom is -0.487 e. The highest BCUT2D eigenvalue weighted by Crippen LogP contribution is 2.29. The monoisotopic (exact) mass is 417 g/mol. The van der Waals surface area contributed by atoms with E-state index in [1.807, 2.05) is 0 Å². The number of benzene rings is 1. The fourth-order valence-corrected chi connectivity index (χ4v) is 4.04. The largest absolute Gasteiger partial charge is 0.487 e. The molecule has 152 valence electrons. The number of carbonyl (C=O) groups excluding carboxylic acids is 2. The van der Waals surface area contributed by atoms with Crippen molar-refractivity contribution in [3.8, 4) is 5.75 Å². The van der Waals surface area contributed by atoms with Crippen molar-refractivity contribution in [3.63, 3.8) is 0 Å². The molecule has 0 N–H and O–H groups in total. The lowest BCUT2D eigenvalue weighted by Gasteiger charge is -2.34. The fraction of sp³-hybridized carbons (Fsp3) is 0.381. The summed E-state index contributed by atoms with van der Waals surface area (Å²) in [6.45, 7) is 1.41. The third-order valence-corrected chi connectivity index (χ3v) is 5.62. The Kier molecular flexibility index (Phi) is 5.67. The Balaban J connectivity index is 1.39. The first-order valence-corrected chi connectivity index (χ1v) is 10.00. The molecule has 0 saturated carbocycles. The van der Waals surface area contributed by atoms with Crippen LogP contribution >= 0.6 is 11.6 Å². The second kappa shape index (κ2) is 8.37. The minimum absolute atomic E-state index is 0.0444. The highest BCUT2D eigenvalue weighted by atomic mass is 35.5. The quantitative estimate of drug-likeness (QED) is 0.765. The molecule has 4 rings (SSSR count). The van der Waals surface area contributed by atoms with Gasteiger partial charge in [-0.1, -0.05) is 11.6 Å². The number of piperidine rings is 1. The first kappa shape index (κ1) is 19.6. The highest BCUT2D eigenvalue weighted by molar-refractivity contribution is 6.31. The second-order valence-electron chi connectivity index (χ2n) is 7.35. The smallest absolute Gasteiger partial charge is 0.228 e. The number of rotatable bonds is 4. The molecule has 2 aliphatic rings. The molecule has 2 fully saturated rings. The summed E-state index contributed by atoms with van der Waals surface area (Å²) in [5.41, 5.74) is 0.610. The number of halogens is 2. The van der Waals surface area contributed by atoms with Crippen molar-refractivity contribution in [2.24, 2.45) is 5.92 Å². The number of carbonyl (C=O) groups is 2. The summed E-state index contributed by atoms with van der Waals surface area (Å²) in [5, 5.41) is 0.437. The van der Waals surface area contributed by atoms with Crippen LogP contribution in [0.15, 0.2) is 42.7 Å². The van der Waals surface area contributed by atoms with Crippen LogP contribution in [0.5, 0.6) is 5.75 Å². The van der Waals surface area contributed by atoms with E-state index in [-0.39, 0.29) is 30.2 Å². The number of likely N-dealkylation sites (tertiary alicyclic amines) is 1. The molecule has 6 nitrogen and oxygen atoms in total. The first-order valence-electron chi connectivity index (χ1n) is 9.62. The van der Waals surface area contributed by atoms with Crippen molar-refractivity contribution < 1.29 is 18.7 Å². The van der Waals surface area contributed by atoms with Gasteiger partial charge in [-0.15, -0.1) is 0 Å². The van der Waals surface area contributed by atoms with Gasteiger partial charge in [-0.25, -0.2) is 4.39 Å². The Morgan fingerprint density at radius 2 is 2.00 bits per heavy atom. The molecule has 2 atom stereocenters. The maximum absolute atomic E-state index is 13.1. The molecule has 29 heavy (non-hydrogen) atoms. The second-order valence-corrected chi connectivity index (χ2v) is 7.76. The van der Waals surface area contributed by atoms with Crippen LogP contribution in [-0.2, 0) is 9.59 Å². The Hall–Kier alpha value is -2.67. The zero-order valence-electron chi connectivity index (χ0n) is 15.8. The van der Waals surface area contributed by atoms with E-state index in [0.29, 0.717) is 36.1 Å². The summed E-state index contributed by atoms with van der Waals surface area (Å²) in [7, 11) is 0. The van der Waals surface area contributed by atoms with Gasteiger partial charge >= 0.3 is 0 Å². The van der Waals surface area contributed by atoms with Crippen molar-refractivity contribution in [3.05, 3.63) is 53.6 Å². The Morgan fingerprint density at radius 3 is 2.76 bits per heavy atom. The van der Waals surface area contributed by atoms with E-state index in [2.05, 4.69) is 4.98 Å². The molecule has 1 aromatic heterocycles. The number of anilines is 1. The lowest BCUT2D eigenvalue weighted by atomic mass is 10.0. The predicted octanol–water partition coefficient (Wildman–Crippen LogP) is 3.30. The van der Waals surface area contributed by atoms with E-state index in [1.165, 1.54) is 18.3 Å². The number of nitrogens with zero attached hydrogens (tertiary/aromatic N) is 3. The molecule has 0 aliphatic carbocycles. The fourth-order valence-electron chi connectivity index (χ4n) is 3.87. The van der Waals surface area contributed by atoms with Gasteiger partial charge in [-0.3, -0.25) is 14.6 Å². The molecule has 2 saturated heterocycles. The van der Waals surface area contributed by atoms with Crippen molar-refractivity contribution in [2.45, 2.75) is 25.4 Å². The van der Waals surface area contributed by atoms with Crippen LogP contribution in [0, 0.1) is 11.7 Å². The Morgan fingerprint density at radius 1 is 1.21 bits per heavy atom. The van der Waals surface area contributed by atoms with Gasteiger partial charge < -0.3 is 14.5 Å². The zero-order chi connectivity index (χ0) is 20.4. The van der Waals surface area contributed by atoms with E-state index >= 15 is 0 Å². The van der Waals surface area contributed by atoms with Gasteiger partial charge in [0.1, 0.15) is 22.7 Å². The molecule has 1 aromatic carbocycles. The maximum Gasteiger partial charge on any atom is 0.228 e. The van der Waals surface area contributed by atoms with Gasteiger partial charge in [0.25, 0.3) is 0 Å². The molecule has 2 unspecified atom stereocenters. The Bertz CT molecular complexity index is 908. The third-order valence-electron chi connectivity index (χ3n) is 5.33.